The van der Waals surface area contributed by atoms with Crippen LogP contribution in [0.1, 0.15) is 95.1 Å². The molecule has 264 valence electrons. The lowest BCUT2D eigenvalue weighted by molar-refractivity contribution is -0.130. The highest BCUT2D eigenvalue weighted by molar-refractivity contribution is 5.94. The summed E-state index contributed by atoms with van der Waals surface area (Å²) in [6.45, 7) is 3.71. The van der Waals surface area contributed by atoms with Gasteiger partial charge in [-0.05, 0) is 60.7 Å². The number of unbranched alkanes of at least 4 members (excludes halogenated alkanes) is 9. The van der Waals surface area contributed by atoms with Gasteiger partial charge in [0.2, 0.25) is 11.8 Å². The molecule has 8 nitrogen and oxygen atoms in total. The summed E-state index contributed by atoms with van der Waals surface area (Å²) >= 11 is 0. The number of rotatable bonds is 25. The molecule has 49 heavy (non-hydrogen) atoms. The fourth-order valence-corrected chi connectivity index (χ4v) is 5.31. The van der Waals surface area contributed by atoms with E-state index >= 15 is 0 Å². The number of hydrogen-bond donors (Lipinski definition) is 3. The van der Waals surface area contributed by atoms with Crippen LogP contribution in [-0.4, -0.2) is 49.0 Å². The zero-order valence-electron chi connectivity index (χ0n) is 29.3. The van der Waals surface area contributed by atoms with E-state index in [0.29, 0.717) is 38.2 Å². The number of amides is 3. The quantitative estimate of drug-likeness (QED) is 0.0481. The van der Waals surface area contributed by atoms with Crippen LogP contribution in [0.25, 0.3) is 6.08 Å². The van der Waals surface area contributed by atoms with Crippen molar-refractivity contribution < 1.29 is 19.1 Å². The van der Waals surface area contributed by atoms with Crippen molar-refractivity contribution in [3.8, 4) is 5.75 Å². The molecule has 3 N–H and O–H groups in total. The molecular weight excluding hydrogens is 612 g/mol. The third-order valence-corrected chi connectivity index (χ3v) is 8.20. The molecule has 0 radical (unpaired) electrons. The molecule has 0 aromatic heterocycles. The summed E-state index contributed by atoms with van der Waals surface area (Å²) in [4.78, 5) is 37.8. The molecule has 0 saturated heterocycles. The maximum Gasteiger partial charge on any atom is 0.260 e. The molecule has 0 spiro atoms. The summed E-state index contributed by atoms with van der Waals surface area (Å²) in [7, 11) is 0. The number of hydrazine groups is 1. The minimum absolute atomic E-state index is 0.0720. The van der Waals surface area contributed by atoms with Crippen molar-refractivity contribution in [2.24, 2.45) is 0 Å². The number of nitrogens with zero attached hydrogens (tertiary/aromatic N) is 1. The van der Waals surface area contributed by atoms with E-state index in [-0.39, 0.29) is 24.3 Å². The lowest BCUT2D eigenvalue weighted by Gasteiger charge is -2.25. The summed E-state index contributed by atoms with van der Waals surface area (Å²) in [6.07, 6.45) is 17.7. The molecule has 0 unspecified atom stereocenters. The average Bonchev–Trinajstić information content (AvgIpc) is 3.13. The lowest BCUT2D eigenvalue weighted by Crippen LogP contribution is -2.44. The van der Waals surface area contributed by atoms with E-state index in [1.165, 1.54) is 68.9 Å². The molecule has 8 heteroatoms. The van der Waals surface area contributed by atoms with Gasteiger partial charge in [-0.15, -0.1) is 0 Å². The van der Waals surface area contributed by atoms with Gasteiger partial charge in [-0.25, -0.2) is 0 Å². The largest absolute Gasteiger partial charge is 0.494 e. The lowest BCUT2D eigenvalue weighted by atomic mass is 10.1. The third-order valence-electron chi connectivity index (χ3n) is 8.20. The normalized spacial score (nSPS) is 10.9. The number of anilines is 1. The van der Waals surface area contributed by atoms with Gasteiger partial charge in [-0.1, -0.05) is 125 Å². The minimum atomic E-state index is -0.340. The zero-order chi connectivity index (χ0) is 34.8. The Hall–Kier alpha value is -4.59. The number of ether oxygens (including phenoxy) is 1. The molecule has 0 atom stereocenters. The van der Waals surface area contributed by atoms with Crippen molar-refractivity contribution in [2.75, 3.05) is 31.7 Å². The van der Waals surface area contributed by atoms with Crippen LogP contribution in [0.2, 0.25) is 0 Å². The zero-order valence-corrected chi connectivity index (χ0v) is 29.3. The summed E-state index contributed by atoms with van der Waals surface area (Å²) in [5, 5.41) is 7.24. The van der Waals surface area contributed by atoms with Crippen molar-refractivity contribution in [1.82, 2.24) is 15.6 Å². The van der Waals surface area contributed by atoms with Crippen molar-refractivity contribution >= 4 is 29.5 Å². The Labute approximate surface area is 293 Å². The standard InChI is InChI=1S/C41H56N4O4/c1-2-3-4-5-6-7-8-9-10-17-31-42-39(46)23-18-33-49-38-27-25-37(26-28-38)44-45(32-30-36-21-15-12-16-22-36)41(48)34-43-40(47)29-24-35-19-13-11-14-20-35/h11-16,19-22,24-29,44H,2-10,17-18,23,30-34H2,1H3,(H,42,46)(H,43,47)/b29-24+. The van der Waals surface area contributed by atoms with Gasteiger partial charge in [0.05, 0.1) is 18.8 Å². The fourth-order valence-electron chi connectivity index (χ4n) is 5.31. The first-order valence-corrected chi connectivity index (χ1v) is 18.1. The molecule has 3 amide bonds. The Morgan fingerprint density at radius 1 is 0.714 bits per heavy atom. The van der Waals surface area contributed by atoms with E-state index in [9.17, 15) is 14.4 Å². The average molecular weight is 669 g/mol. The predicted octanol–water partition coefficient (Wildman–Crippen LogP) is 8.11. The highest BCUT2D eigenvalue weighted by Crippen LogP contribution is 2.17. The maximum atomic E-state index is 13.2. The van der Waals surface area contributed by atoms with Gasteiger partial charge in [0.1, 0.15) is 5.75 Å². The van der Waals surface area contributed by atoms with Crippen LogP contribution >= 0.6 is 0 Å². The van der Waals surface area contributed by atoms with Crippen LogP contribution < -0.4 is 20.8 Å². The van der Waals surface area contributed by atoms with Crippen LogP contribution in [0.3, 0.4) is 0 Å². The van der Waals surface area contributed by atoms with Gasteiger partial charge < -0.3 is 15.4 Å². The number of carbonyl (C=O) groups is 3. The topological polar surface area (TPSA) is 99.8 Å². The summed E-state index contributed by atoms with van der Waals surface area (Å²) in [6, 6.07) is 26.8. The van der Waals surface area contributed by atoms with E-state index in [1.54, 1.807) is 6.08 Å². The molecular formula is C41H56N4O4. The number of carbonyl (C=O) groups excluding carboxylic acids is 3. The van der Waals surface area contributed by atoms with Crippen molar-refractivity contribution in [3.63, 3.8) is 0 Å². The van der Waals surface area contributed by atoms with Gasteiger partial charge in [0, 0.05) is 25.6 Å². The Morgan fingerprint density at radius 3 is 2.02 bits per heavy atom. The van der Waals surface area contributed by atoms with Crippen LogP contribution in [0, 0.1) is 0 Å². The Bertz CT molecular complexity index is 1360. The van der Waals surface area contributed by atoms with Crippen LogP contribution in [0.15, 0.2) is 91.0 Å². The SMILES string of the molecule is CCCCCCCCCCCCNC(=O)CCCOc1ccc(NN(CCc2ccccc2)C(=O)CNC(=O)/C=C/c2ccccc2)cc1. The molecule has 0 heterocycles. The van der Waals surface area contributed by atoms with Crippen molar-refractivity contribution in [3.05, 3.63) is 102 Å². The highest BCUT2D eigenvalue weighted by Gasteiger charge is 2.15. The number of hydrogen-bond acceptors (Lipinski definition) is 5. The molecule has 0 bridgehead atoms. The Balaban J connectivity index is 1.35. The summed E-state index contributed by atoms with van der Waals surface area (Å²) in [5.41, 5.74) is 5.92. The van der Waals surface area contributed by atoms with Crippen LogP contribution in [-0.2, 0) is 20.8 Å². The van der Waals surface area contributed by atoms with E-state index in [1.807, 2.05) is 84.9 Å². The first kappa shape index (κ1) is 38.9. The molecule has 0 aliphatic rings. The fraction of sp³-hybridized carbons (Fsp3) is 0.439. The van der Waals surface area contributed by atoms with Crippen molar-refractivity contribution in [1.29, 1.82) is 0 Å². The van der Waals surface area contributed by atoms with Gasteiger partial charge in [0.25, 0.3) is 5.91 Å². The van der Waals surface area contributed by atoms with E-state index in [0.717, 1.165) is 29.8 Å². The van der Waals surface area contributed by atoms with Gasteiger partial charge in [0.15, 0.2) is 0 Å². The summed E-state index contributed by atoms with van der Waals surface area (Å²) in [5.74, 6) is 0.163. The second-order valence-electron chi connectivity index (χ2n) is 12.4. The first-order chi connectivity index (χ1) is 24.0. The molecule has 3 aromatic rings. The molecule has 3 aromatic carbocycles. The summed E-state index contributed by atoms with van der Waals surface area (Å²) < 4.78 is 5.86. The highest BCUT2D eigenvalue weighted by atomic mass is 16.5. The smallest absolute Gasteiger partial charge is 0.260 e. The predicted molar refractivity (Wildman–Crippen MR) is 200 cm³/mol. The van der Waals surface area contributed by atoms with Crippen molar-refractivity contribution in [2.45, 2.75) is 90.4 Å². The van der Waals surface area contributed by atoms with E-state index in [4.69, 9.17) is 4.74 Å². The van der Waals surface area contributed by atoms with E-state index in [2.05, 4.69) is 23.0 Å². The van der Waals surface area contributed by atoms with Crippen LogP contribution in [0.5, 0.6) is 5.75 Å². The molecule has 0 fully saturated rings. The van der Waals surface area contributed by atoms with Gasteiger partial charge >= 0.3 is 0 Å². The maximum absolute atomic E-state index is 13.2. The van der Waals surface area contributed by atoms with Gasteiger partial charge in [-0.2, -0.15) is 0 Å². The number of benzene rings is 3. The third kappa shape index (κ3) is 17.9. The monoisotopic (exact) mass is 668 g/mol. The van der Waals surface area contributed by atoms with Crippen LogP contribution in [0.4, 0.5) is 5.69 Å². The van der Waals surface area contributed by atoms with Gasteiger partial charge in [-0.3, -0.25) is 24.8 Å². The minimum Gasteiger partial charge on any atom is -0.494 e. The van der Waals surface area contributed by atoms with E-state index < -0.39 is 0 Å². The second-order valence-corrected chi connectivity index (χ2v) is 12.4. The molecule has 0 aliphatic carbocycles. The molecule has 0 saturated carbocycles. The second kappa shape index (κ2) is 24.5. The Kier molecular flexibility index (Phi) is 19.5. The molecule has 0 aliphatic heterocycles. The number of nitrogens with one attached hydrogen (secondary N) is 3. The Morgan fingerprint density at radius 2 is 1.35 bits per heavy atom. The first-order valence-electron chi connectivity index (χ1n) is 18.1. The molecule has 3 rings (SSSR count).